The predicted octanol–water partition coefficient (Wildman–Crippen LogP) is 2.87. The Bertz CT molecular complexity index is 1030. The molecule has 0 unspecified atom stereocenters. The number of thioether (sulfide) groups is 1. The molecule has 0 spiro atoms. The number of nitrogens with zero attached hydrogens (tertiary/aromatic N) is 1. The maximum atomic E-state index is 13.8. The molecule has 0 aromatic heterocycles. The van der Waals surface area contributed by atoms with Gasteiger partial charge in [0.1, 0.15) is 17.3 Å². The highest BCUT2D eigenvalue weighted by Crippen LogP contribution is 2.32. The second kappa shape index (κ2) is 15.6. The van der Waals surface area contributed by atoms with E-state index in [-0.39, 0.29) is 29.3 Å². The molecule has 0 saturated heterocycles. The summed E-state index contributed by atoms with van der Waals surface area (Å²) in [4.78, 5) is 66.0. The molecule has 1 aliphatic carbocycles. The van der Waals surface area contributed by atoms with Gasteiger partial charge in [-0.05, 0) is 50.3 Å². The zero-order chi connectivity index (χ0) is 29.9. The number of hydrogen-bond donors (Lipinski definition) is 2. The van der Waals surface area contributed by atoms with Crippen LogP contribution in [0, 0.1) is 5.92 Å². The third-order valence-electron chi connectivity index (χ3n) is 7.05. The van der Waals surface area contributed by atoms with Crippen LogP contribution in [-0.4, -0.2) is 77.3 Å². The molecule has 10 nitrogen and oxygen atoms in total. The molecule has 40 heavy (non-hydrogen) atoms. The molecule has 1 aromatic carbocycles. The van der Waals surface area contributed by atoms with E-state index in [1.54, 1.807) is 36.3 Å². The number of carbonyl (C=O) groups is 5. The lowest BCUT2D eigenvalue weighted by atomic mass is 9.94. The molecule has 11 heteroatoms. The summed E-state index contributed by atoms with van der Waals surface area (Å²) < 4.78 is 10.6. The number of benzene rings is 1. The summed E-state index contributed by atoms with van der Waals surface area (Å²) >= 11 is 0.945. The highest BCUT2D eigenvalue weighted by molar-refractivity contribution is 8.14. The summed E-state index contributed by atoms with van der Waals surface area (Å²) in [7, 11) is 1.55. The minimum atomic E-state index is -1.21. The number of methoxy groups -OCH3 is 1. The maximum absolute atomic E-state index is 13.8. The molecule has 1 aromatic rings. The van der Waals surface area contributed by atoms with E-state index in [0.717, 1.165) is 30.2 Å². The van der Waals surface area contributed by atoms with Crippen molar-refractivity contribution in [3.63, 3.8) is 0 Å². The molecule has 1 saturated carbocycles. The average Bonchev–Trinajstić information content (AvgIpc) is 3.40. The van der Waals surface area contributed by atoms with Crippen LogP contribution in [-0.2, 0) is 35.1 Å². The van der Waals surface area contributed by atoms with Crippen molar-refractivity contribution in [2.45, 2.75) is 83.6 Å². The smallest absolute Gasteiger partial charge is 0.329 e. The molecular formula is C29H43N3O7S. The van der Waals surface area contributed by atoms with Gasteiger partial charge in [0.25, 0.3) is 5.91 Å². The van der Waals surface area contributed by atoms with Crippen molar-refractivity contribution in [2.24, 2.45) is 5.92 Å². The van der Waals surface area contributed by atoms with Gasteiger partial charge in [-0.15, -0.1) is 0 Å². The SMILES string of the molecule is CCN(CC)C(=O)COC(=O)[C@H](Cc1ccc(OC)cc1)NC(=O)C1(NC(=O)[C@H](SC(C)=O)C(C)C)CCCC1. The zero-order valence-corrected chi connectivity index (χ0v) is 25.2. The Balaban J connectivity index is 2.27. The summed E-state index contributed by atoms with van der Waals surface area (Å²) in [5.41, 5.74) is -0.461. The Morgan fingerprint density at radius 3 is 2.12 bits per heavy atom. The first-order valence-corrected chi connectivity index (χ1v) is 14.7. The van der Waals surface area contributed by atoms with Gasteiger partial charge in [0.05, 0.1) is 12.4 Å². The molecule has 1 fully saturated rings. The lowest BCUT2D eigenvalue weighted by molar-refractivity contribution is -0.154. The summed E-state index contributed by atoms with van der Waals surface area (Å²) in [6.07, 6.45) is 2.39. The normalized spacial score (nSPS) is 15.6. The van der Waals surface area contributed by atoms with Gasteiger partial charge in [0, 0.05) is 26.4 Å². The Labute approximate surface area is 241 Å². The van der Waals surface area contributed by atoms with Crippen molar-refractivity contribution in [3.05, 3.63) is 29.8 Å². The highest BCUT2D eigenvalue weighted by atomic mass is 32.2. The molecule has 1 aliphatic rings. The van der Waals surface area contributed by atoms with Crippen LogP contribution in [0.25, 0.3) is 0 Å². The van der Waals surface area contributed by atoms with Crippen LogP contribution in [0.3, 0.4) is 0 Å². The fourth-order valence-corrected chi connectivity index (χ4v) is 5.55. The second-order valence-electron chi connectivity index (χ2n) is 10.3. The summed E-state index contributed by atoms with van der Waals surface area (Å²) in [6.45, 7) is 9.32. The molecule has 0 bridgehead atoms. The van der Waals surface area contributed by atoms with E-state index >= 15 is 0 Å². The van der Waals surface area contributed by atoms with Crippen LogP contribution in [0.4, 0.5) is 0 Å². The van der Waals surface area contributed by atoms with Crippen molar-refractivity contribution < 1.29 is 33.4 Å². The quantitative estimate of drug-likeness (QED) is 0.323. The number of esters is 1. The summed E-state index contributed by atoms with van der Waals surface area (Å²) in [6, 6.07) is 5.98. The molecule has 2 rings (SSSR count). The van der Waals surface area contributed by atoms with E-state index < -0.39 is 35.3 Å². The standard InChI is InChI=1S/C29H43N3O7S/c1-7-32(8-2)24(34)18-39-27(36)23(17-21-11-13-22(38-6)14-12-21)30-28(37)29(15-9-10-16-29)31-26(35)25(19(3)4)40-20(5)33/h11-14,19,23,25H,7-10,15-18H2,1-6H3,(H,30,37)(H,31,35)/t23-,25+/m0/s1. The van der Waals surface area contributed by atoms with Crippen LogP contribution in [0.5, 0.6) is 5.75 Å². The first-order valence-electron chi connectivity index (χ1n) is 13.8. The van der Waals surface area contributed by atoms with E-state index in [0.29, 0.717) is 31.7 Å². The topological polar surface area (TPSA) is 131 Å². The molecule has 0 radical (unpaired) electrons. The zero-order valence-electron chi connectivity index (χ0n) is 24.4. The Hall–Kier alpha value is -3.08. The Morgan fingerprint density at radius 2 is 1.62 bits per heavy atom. The highest BCUT2D eigenvalue weighted by Gasteiger charge is 2.45. The van der Waals surface area contributed by atoms with Gasteiger partial charge in [-0.3, -0.25) is 19.2 Å². The number of likely N-dealkylation sites (N-methyl/N-ethyl adjacent to an activating group) is 1. The van der Waals surface area contributed by atoms with Crippen molar-refractivity contribution in [3.8, 4) is 5.75 Å². The van der Waals surface area contributed by atoms with Gasteiger partial charge in [0.2, 0.25) is 11.8 Å². The van der Waals surface area contributed by atoms with Gasteiger partial charge < -0.3 is 25.0 Å². The van der Waals surface area contributed by atoms with Crippen molar-refractivity contribution >= 4 is 40.6 Å². The van der Waals surface area contributed by atoms with E-state index in [4.69, 9.17) is 9.47 Å². The van der Waals surface area contributed by atoms with Gasteiger partial charge in [-0.25, -0.2) is 4.79 Å². The molecule has 2 N–H and O–H groups in total. The lowest BCUT2D eigenvalue weighted by Gasteiger charge is -2.33. The lowest BCUT2D eigenvalue weighted by Crippen LogP contribution is -2.61. The van der Waals surface area contributed by atoms with Crippen LogP contribution in [0.2, 0.25) is 0 Å². The van der Waals surface area contributed by atoms with E-state index in [2.05, 4.69) is 10.6 Å². The van der Waals surface area contributed by atoms with Crippen LogP contribution < -0.4 is 15.4 Å². The number of carbonyl (C=O) groups excluding carboxylic acids is 5. The van der Waals surface area contributed by atoms with Crippen LogP contribution in [0.1, 0.15) is 65.9 Å². The molecule has 0 heterocycles. The van der Waals surface area contributed by atoms with Crippen molar-refractivity contribution in [1.82, 2.24) is 15.5 Å². The fourth-order valence-electron chi connectivity index (χ4n) is 4.75. The van der Waals surface area contributed by atoms with Gasteiger partial charge >= 0.3 is 5.97 Å². The van der Waals surface area contributed by atoms with Gasteiger partial charge in [-0.1, -0.05) is 50.6 Å². The van der Waals surface area contributed by atoms with Gasteiger partial charge in [-0.2, -0.15) is 0 Å². The number of nitrogens with one attached hydrogen (secondary N) is 2. The summed E-state index contributed by atoms with van der Waals surface area (Å²) in [5, 5.41) is 4.92. The van der Waals surface area contributed by atoms with Gasteiger partial charge in [0.15, 0.2) is 11.7 Å². The Morgan fingerprint density at radius 1 is 1.02 bits per heavy atom. The molecule has 222 valence electrons. The third-order valence-corrected chi connectivity index (χ3v) is 8.40. The van der Waals surface area contributed by atoms with E-state index in [1.165, 1.54) is 6.92 Å². The van der Waals surface area contributed by atoms with E-state index in [1.807, 2.05) is 27.7 Å². The molecule has 3 amide bonds. The predicted molar refractivity (Wildman–Crippen MR) is 154 cm³/mol. The summed E-state index contributed by atoms with van der Waals surface area (Å²) in [5.74, 6) is -1.42. The number of amides is 3. The Kier molecular flexibility index (Phi) is 13.0. The molecule has 0 aliphatic heterocycles. The average molecular weight is 578 g/mol. The molecule has 2 atom stereocenters. The van der Waals surface area contributed by atoms with E-state index in [9.17, 15) is 24.0 Å². The maximum Gasteiger partial charge on any atom is 0.329 e. The number of rotatable bonds is 14. The minimum absolute atomic E-state index is 0.118. The largest absolute Gasteiger partial charge is 0.497 e. The number of ether oxygens (including phenoxy) is 2. The first-order chi connectivity index (χ1) is 19.0. The molecular weight excluding hydrogens is 534 g/mol. The second-order valence-corrected chi connectivity index (χ2v) is 11.6. The fraction of sp³-hybridized carbons (Fsp3) is 0.621. The van der Waals surface area contributed by atoms with Crippen LogP contribution in [0.15, 0.2) is 24.3 Å². The van der Waals surface area contributed by atoms with Crippen molar-refractivity contribution in [2.75, 3.05) is 26.8 Å². The van der Waals surface area contributed by atoms with Crippen molar-refractivity contribution in [1.29, 1.82) is 0 Å². The monoisotopic (exact) mass is 577 g/mol. The number of hydrogen-bond acceptors (Lipinski definition) is 8. The van der Waals surface area contributed by atoms with Crippen LogP contribution >= 0.6 is 11.8 Å². The third kappa shape index (κ3) is 9.25. The minimum Gasteiger partial charge on any atom is -0.497 e. The first kappa shape index (κ1) is 33.1.